The molecule has 25 heavy (non-hydrogen) atoms. The quantitative estimate of drug-likeness (QED) is 0.779. The zero-order chi connectivity index (χ0) is 18.0. The molecule has 6 nitrogen and oxygen atoms in total. The topological polar surface area (TPSA) is 73.2 Å². The normalized spacial score (nSPS) is 10.7. The molecule has 3 aromatic rings. The molecule has 3 rings (SSSR count). The van der Waals surface area contributed by atoms with Gasteiger partial charge in [-0.15, -0.1) is 0 Å². The SMILES string of the molecule is COc1ccc(C)cc1NC(=O)Cn1cnc2cc(Cl)ccc2c1=O. The zero-order valence-electron chi connectivity index (χ0n) is 13.7. The van der Waals surface area contributed by atoms with Crippen molar-refractivity contribution in [3.8, 4) is 5.75 Å². The summed E-state index contributed by atoms with van der Waals surface area (Å²) in [5.41, 5.74) is 1.74. The Morgan fingerprint density at radius 3 is 2.84 bits per heavy atom. The number of rotatable bonds is 4. The molecular weight excluding hydrogens is 342 g/mol. The maximum atomic E-state index is 12.5. The fourth-order valence-electron chi connectivity index (χ4n) is 2.51. The number of nitrogens with zero attached hydrogens (tertiary/aromatic N) is 2. The first-order chi connectivity index (χ1) is 12.0. The number of hydrogen-bond donors (Lipinski definition) is 1. The first-order valence-electron chi connectivity index (χ1n) is 7.57. The summed E-state index contributed by atoms with van der Waals surface area (Å²) >= 11 is 5.90. The molecular formula is C18H16ClN3O3. The molecule has 2 aromatic carbocycles. The Kier molecular flexibility index (Phi) is 4.72. The Morgan fingerprint density at radius 1 is 1.28 bits per heavy atom. The van der Waals surface area contributed by atoms with Crippen LogP contribution in [0, 0.1) is 6.92 Å². The summed E-state index contributed by atoms with van der Waals surface area (Å²) in [4.78, 5) is 29.0. The van der Waals surface area contributed by atoms with Gasteiger partial charge in [0.1, 0.15) is 12.3 Å². The van der Waals surface area contributed by atoms with Gasteiger partial charge in [0.15, 0.2) is 0 Å². The van der Waals surface area contributed by atoms with E-state index in [-0.39, 0.29) is 18.0 Å². The van der Waals surface area contributed by atoms with E-state index < -0.39 is 0 Å². The van der Waals surface area contributed by atoms with Crippen LogP contribution in [0.2, 0.25) is 5.02 Å². The number of nitrogens with one attached hydrogen (secondary N) is 1. The van der Waals surface area contributed by atoms with Gasteiger partial charge in [0.2, 0.25) is 5.91 Å². The van der Waals surface area contributed by atoms with Crippen molar-refractivity contribution < 1.29 is 9.53 Å². The smallest absolute Gasteiger partial charge is 0.261 e. The second-order valence-electron chi connectivity index (χ2n) is 5.59. The Labute approximate surface area is 149 Å². The molecule has 1 aromatic heterocycles. The van der Waals surface area contributed by atoms with Gasteiger partial charge in [0.05, 0.1) is 30.0 Å². The van der Waals surface area contributed by atoms with E-state index in [0.717, 1.165) is 5.56 Å². The Balaban J connectivity index is 1.85. The largest absolute Gasteiger partial charge is 0.495 e. The average molecular weight is 358 g/mol. The van der Waals surface area contributed by atoms with Crippen LogP contribution in [-0.2, 0) is 11.3 Å². The van der Waals surface area contributed by atoms with Gasteiger partial charge in [-0.2, -0.15) is 0 Å². The van der Waals surface area contributed by atoms with Crippen molar-refractivity contribution in [3.05, 3.63) is 63.7 Å². The molecule has 0 fully saturated rings. The van der Waals surface area contributed by atoms with Crippen LogP contribution in [-0.4, -0.2) is 22.6 Å². The minimum atomic E-state index is -0.346. The summed E-state index contributed by atoms with van der Waals surface area (Å²) in [6.45, 7) is 1.76. The highest BCUT2D eigenvalue weighted by Gasteiger charge is 2.11. The van der Waals surface area contributed by atoms with Crippen molar-refractivity contribution in [2.75, 3.05) is 12.4 Å². The van der Waals surface area contributed by atoms with Crippen LogP contribution in [0.3, 0.4) is 0 Å². The molecule has 7 heteroatoms. The van der Waals surface area contributed by atoms with E-state index in [4.69, 9.17) is 16.3 Å². The number of amides is 1. The van der Waals surface area contributed by atoms with E-state index in [1.165, 1.54) is 18.0 Å². The van der Waals surface area contributed by atoms with E-state index >= 15 is 0 Å². The number of ether oxygens (including phenoxy) is 1. The summed E-state index contributed by atoms with van der Waals surface area (Å²) in [6, 6.07) is 10.3. The molecule has 0 atom stereocenters. The predicted octanol–water partition coefficient (Wildman–Crippen LogP) is 3.01. The molecule has 0 radical (unpaired) electrons. The number of carbonyl (C=O) groups excluding carboxylic acids is 1. The number of halogens is 1. The molecule has 128 valence electrons. The van der Waals surface area contributed by atoms with Gasteiger partial charge < -0.3 is 10.1 Å². The van der Waals surface area contributed by atoms with Crippen LogP contribution in [0.4, 0.5) is 5.69 Å². The van der Waals surface area contributed by atoms with Crippen molar-refractivity contribution in [2.45, 2.75) is 13.5 Å². The lowest BCUT2D eigenvalue weighted by atomic mass is 10.2. The van der Waals surface area contributed by atoms with Gasteiger partial charge in [-0.3, -0.25) is 14.2 Å². The Bertz CT molecular complexity index is 1010. The highest BCUT2D eigenvalue weighted by atomic mass is 35.5. The molecule has 1 amide bonds. The molecule has 0 spiro atoms. The summed E-state index contributed by atoms with van der Waals surface area (Å²) in [7, 11) is 1.53. The number of methoxy groups -OCH3 is 1. The van der Waals surface area contributed by atoms with E-state index in [1.54, 1.807) is 30.3 Å². The maximum absolute atomic E-state index is 12.5. The van der Waals surface area contributed by atoms with E-state index in [0.29, 0.717) is 27.4 Å². The van der Waals surface area contributed by atoms with Crippen LogP contribution in [0.1, 0.15) is 5.56 Å². The Morgan fingerprint density at radius 2 is 2.08 bits per heavy atom. The molecule has 0 aliphatic carbocycles. The summed E-state index contributed by atoms with van der Waals surface area (Å²) < 4.78 is 6.49. The molecule has 0 saturated carbocycles. The number of hydrogen-bond acceptors (Lipinski definition) is 4. The third-order valence-electron chi connectivity index (χ3n) is 3.73. The lowest BCUT2D eigenvalue weighted by molar-refractivity contribution is -0.116. The van der Waals surface area contributed by atoms with Gasteiger partial charge >= 0.3 is 0 Å². The van der Waals surface area contributed by atoms with Gasteiger partial charge in [0, 0.05) is 5.02 Å². The molecule has 0 aliphatic rings. The average Bonchev–Trinajstić information content (AvgIpc) is 2.57. The van der Waals surface area contributed by atoms with E-state index in [1.807, 2.05) is 13.0 Å². The predicted molar refractivity (Wildman–Crippen MR) is 97.4 cm³/mol. The minimum absolute atomic E-state index is 0.151. The number of benzene rings is 2. The number of carbonyl (C=O) groups is 1. The van der Waals surface area contributed by atoms with Crippen molar-refractivity contribution in [1.29, 1.82) is 0 Å². The monoisotopic (exact) mass is 357 g/mol. The van der Waals surface area contributed by atoms with Crippen LogP contribution in [0.25, 0.3) is 10.9 Å². The first-order valence-corrected chi connectivity index (χ1v) is 7.95. The molecule has 0 saturated heterocycles. The number of aryl methyl sites for hydroxylation is 1. The number of fused-ring (bicyclic) bond motifs is 1. The van der Waals surface area contributed by atoms with Crippen LogP contribution < -0.4 is 15.6 Å². The Hall–Kier alpha value is -2.86. The molecule has 1 N–H and O–H groups in total. The summed E-state index contributed by atoms with van der Waals surface area (Å²) in [5, 5.41) is 3.67. The first kappa shape index (κ1) is 17.0. The van der Waals surface area contributed by atoms with Gasteiger partial charge in [-0.25, -0.2) is 4.98 Å². The second kappa shape index (κ2) is 6.94. The van der Waals surface area contributed by atoms with Crippen molar-refractivity contribution in [3.63, 3.8) is 0 Å². The van der Waals surface area contributed by atoms with Gasteiger partial charge in [-0.05, 0) is 42.8 Å². The summed E-state index contributed by atoms with van der Waals surface area (Å²) in [6.07, 6.45) is 1.34. The number of aromatic nitrogens is 2. The lowest BCUT2D eigenvalue weighted by Gasteiger charge is -2.12. The maximum Gasteiger partial charge on any atom is 0.261 e. The highest BCUT2D eigenvalue weighted by Crippen LogP contribution is 2.25. The summed E-state index contributed by atoms with van der Waals surface area (Å²) in [5.74, 6) is 0.207. The molecule has 0 unspecified atom stereocenters. The lowest BCUT2D eigenvalue weighted by Crippen LogP contribution is -2.28. The van der Waals surface area contributed by atoms with E-state index in [9.17, 15) is 9.59 Å². The van der Waals surface area contributed by atoms with Crippen molar-refractivity contribution in [2.24, 2.45) is 0 Å². The van der Waals surface area contributed by atoms with Gasteiger partial charge in [-0.1, -0.05) is 17.7 Å². The van der Waals surface area contributed by atoms with Crippen molar-refractivity contribution in [1.82, 2.24) is 9.55 Å². The minimum Gasteiger partial charge on any atom is -0.495 e. The van der Waals surface area contributed by atoms with Crippen LogP contribution in [0.15, 0.2) is 47.5 Å². The fourth-order valence-corrected chi connectivity index (χ4v) is 2.67. The molecule has 0 bridgehead atoms. The second-order valence-corrected chi connectivity index (χ2v) is 6.03. The van der Waals surface area contributed by atoms with Crippen molar-refractivity contribution >= 4 is 34.1 Å². The van der Waals surface area contributed by atoms with Crippen LogP contribution in [0.5, 0.6) is 5.75 Å². The molecule has 0 aliphatic heterocycles. The highest BCUT2D eigenvalue weighted by molar-refractivity contribution is 6.31. The van der Waals surface area contributed by atoms with Gasteiger partial charge in [0.25, 0.3) is 5.56 Å². The van der Waals surface area contributed by atoms with E-state index in [2.05, 4.69) is 10.3 Å². The third-order valence-corrected chi connectivity index (χ3v) is 3.97. The fraction of sp³-hybridized carbons (Fsp3) is 0.167. The zero-order valence-corrected chi connectivity index (χ0v) is 14.5. The van der Waals surface area contributed by atoms with Crippen LogP contribution >= 0.6 is 11.6 Å². The molecule has 1 heterocycles. The number of anilines is 1. The third kappa shape index (κ3) is 3.64. The standard InChI is InChI=1S/C18H16ClN3O3/c1-11-3-6-16(25-2)15(7-11)21-17(23)9-22-10-20-14-8-12(19)4-5-13(14)18(22)24/h3-8,10H,9H2,1-2H3,(H,21,23).